The van der Waals surface area contributed by atoms with E-state index in [0.717, 1.165) is 18.7 Å². The Balaban J connectivity index is 2.18. The van der Waals surface area contributed by atoms with Crippen LogP contribution in [0.3, 0.4) is 0 Å². The van der Waals surface area contributed by atoms with Gasteiger partial charge in [0.1, 0.15) is 17.3 Å². The SMILES string of the molecule is CCCNC(C)c1ccc(-c2ccc(Cl)c(F)c2)o1. The predicted molar refractivity (Wildman–Crippen MR) is 75.8 cm³/mol. The third kappa shape index (κ3) is 3.37. The number of rotatable bonds is 5. The van der Waals surface area contributed by atoms with E-state index in [1.165, 1.54) is 12.1 Å². The van der Waals surface area contributed by atoms with Crippen molar-refractivity contribution < 1.29 is 8.81 Å². The van der Waals surface area contributed by atoms with Crippen molar-refractivity contribution in [3.05, 3.63) is 46.9 Å². The monoisotopic (exact) mass is 281 g/mol. The summed E-state index contributed by atoms with van der Waals surface area (Å²) >= 11 is 5.67. The summed E-state index contributed by atoms with van der Waals surface area (Å²) < 4.78 is 19.2. The Morgan fingerprint density at radius 1 is 1.32 bits per heavy atom. The van der Waals surface area contributed by atoms with Gasteiger partial charge in [0.2, 0.25) is 0 Å². The van der Waals surface area contributed by atoms with Gasteiger partial charge in [-0.1, -0.05) is 18.5 Å². The van der Waals surface area contributed by atoms with E-state index in [1.807, 2.05) is 19.1 Å². The topological polar surface area (TPSA) is 25.2 Å². The number of nitrogens with one attached hydrogen (secondary N) is 1. The number of furan rings is 1. The highest BCUT2D eigenvalue weighted by Crippen LogP contribution is 2.27. The normalized spacial score (nSPS) is 12.6. The second-order valence-corrected chi connectivity index (χ2v) is 4.91. The molecular weight excluding hydrogens is 265 g/mol. The zero-order valence-corrected chi connectivity index (χ0v) is 11.8. The highest BCUT2D eigenvalue weighted by Gasteiger charge is 2.11. The van der Waals surface area contributed by atoms with E-state index in [0.29, 0.717) is 11.3 Å². The van der Waals surface area contributed by atoms with Crippen molar-refractivity contribution in [1.29, 1.82) is 0 Å². The van der Waals surface area contributed by atoms with Crippen molar-refractivity contribution in [2.24, 2.45) is 0 Å². The molecule has 0 aliphatic rings. The summed E-state index contributed by atoms with van der Waals surface area (Å²) in [7, 11) is 0. The first-order valence-corrected chi connectivity index (χ1v) is 6.78. The molecule has 0 radical (unpaired) electrons. The van der Waals surface area contributed by atoms with E-state index < -0.39 is 5.82 Å². The van der Waals surface area contributed by atoms with Gasteiger partial charge >= 0.3 is 0 Å². The molecule has 0 fully saturated rings. The van der Waals surface area contributed by atoms with Crippen LogP contribution in [0.1, 0.15) is 32.1 Å². The van der Waals surface area contributed by atoms with E-state index in [-0.39, 0.29) is 11.1 Å². The summed E-state index contributed by atoms with van der Waals surface area (Å²) in [5.41, 5.74) is 0.691. The maximum atomic E-state index is 13.4. The Labute approximate surface area is 117 Å². The highest BCUT2D eigenvalue weighted by atomic mass is 35.5. The summed E-state index contributed by atoms with van der Waals surface area (Å²) in [6, 6.07) is 8.57. The van der Waals surface area contributed by atoms with Crippen LogP contribution in [0.15, 0.2) is 34.7 Å². The first-order valence-electron chi connectivity index (χ1n) is 6.40. The van der Waals surface area contributed by atoms with Gasteiger partial charge in [0.25, 0.3) is 0 Å². The second kappa shape index (κ2) is 6.22. The van der Waals surface area contributed by atoms with Crippen LogP contribution in [0, 0.1) is 5.82 Å². The van der Waals surface area contributed by atoms with E-state index >= 15 is 0 Å². The average Bonchev–Trinajstić information content (AvgIpc) is 2.89. The maximum absolute atomic E-state index is 13.4. The Morgan fingerprint density at radius 3 is 2.79 bits per heavy atom. The fourth-order valence-corrected chi connectivity index (χ4v) is 1.97. The first kappa shape index (κ1) is 14.1. The van der Waals surface area contributed by atoms with Gasteiger partial charge in [-0.2, -0.15) is 0 Å². The van der Waals surface area contributed by atoms with Crippen LogP contribution in [0.5, 0.6) is 0 Å². The number of halogens is 2. The Hall–Kier alpha value is -1.32. The van der Waals surface area contributed by atoms with E-state index in [2.05, 4.69) is 12.2 Å². The van der Waals surface area contributed by atoms with Gasteiger partial charge in [0.05, 0.1) is 11.1 Å². The van der Waals surface area contributed by atoms with Crippen LogP contribution in [0.4, 0.5) is 4.39 Å². The standard InChI is InChI=1S/C15H17ClFNO/c1-3-8-18-10(2)14-6-7-15(19-14)11-4-5-12(16)13(17)9-11/h4-7,9-10,18H,3,8H2,1-2H3. The van der Waals surface area contributed by atoms with Gasteiger partial charge in [-0.05, 0) is 50.2 Å². The van der Waals surface area contributed by atoms with Gasteiger partial charge in [0.15, 0.2) is 0 Å². The van der Waals surface area contributed by atoms with Crippen molar-refractivity contribution in [3.8, 4) is 11.3 Å². The summed E-state index contributed by atoms with van der Waals surface area (Å²) in [6.07, 6.45) is 1.07. The van der Waals surface area contributed by atoms with Crippen LogP contribution in [-0.4, -0.2) is 6.54 Å². The Morgan fingerprint density at radius 2 is 2.11 bits per heavy atom. The zero-order chi connectivity index (χ0) is 13.8. The third-order valence-corrected chi connectivity index (χ3v) is 3.26. The van der Waals surface area contributed by atoms with Crippen molar-refractivity contribution in [2.45, 2.75) is 26.3 Å². The molecule has 1 unspecified atom stereocenters. The van der Waals surface area contributed by atoms with Crippen molar-refractivity contribution in [1.82, 2.24) is 5.32 Å². The minimum absolute atomic E-state index is 0.119. The molecule has 1 atom stereocenters. The van der Waals surface area contributed by atoms with Gasteiger partial charge in [0, 0.05) is 5.56 Å². The lowest BCUT2D eigenvalue weighted by molar-refractivity contribution is 0.438. The number of hydrogen-bond donors (Lipinski definition) is 1. The first-order chi connectivity index (χ1) is 9.11. The number of benzene rings is 1. The van der Waals surface area contributed by atoms with Crippen LogP contribution >= 0.6 is 11.6 Å². The fourth-order valence-electron chi connectivity index (χ4n) is 1.85. The molecule has 1 heterocycles. The molecule has 1 aromatic carbocycles. The summed E-state index contributed by atoms with van der Waals surface area (Å²) in [5.74, 6) is 1.06. The maximum Gasteiger partial charge on any atom is 0.142 e. The van der Waals surface area contributed by atoms with Gasteiger partial charge in [-0.15, -0.1) is 0 Å². The minimum atomic E-state index is -0.436. The molecule has 0 aliphatic carbocycles. The van der Waals surface area contributed by atoms with Crippen molar-refractivity contribution in [2.75, 3.05) is 6.54 Å². The Kier molecular flexibility index (Phi) is 4.61. The lowest BCUT2D eigenvalue weighted by Gasteiger charge is -2.09. The van der Waals surface area contributed by atoms with Crippen LogP contribution in [-0.2, 0) is 0 Å². The van der Waals surface area contributed by atoms with Gasteiger partial charge in [-0.25, -0.2) is 4.39 Å². The predicted octanol–water partition coefficient (Wildman–Crippen LogP) is 4.80. The largest absolute Gasteiger partial charge is 0.459 e. The van der Waals surface area contributed by atoms with Gasteiger partial charge < -0.3 is 9.73 Å². The molecule has 19 heavy (non-hydrogen) atoms. The smallest absolute Gasteiger partial charge is 0.142 e. The van der Waals surface area contributed by atoms with Crippen molar-refractivity contribution >= 4 is 11.6 Å². The lowest BCUT2D eigenvalue weighted by Crippen LogP contribution is -2.18. The molecule has 0 saturated heterocycles. The summed E-state index contributed by atoms with van der Waals surface area (Å²) in [6.45, 7) is 5.09. The second-order valence-electron chi connectivity index (χ2n) is 4.51. The van der Waals surface area contributed by atoms with Crippen LogP contribution in [0.25, 0.3) is 11.3 Å². The van der Waals surface area contributed by atoms with E-state index in [4.69, 9.17) is 16.0 Å². The van der Waals surface area contributed by atoms with E-state index in [1.54, 1.807) is 6.07 Å². The highest BCUT2D eigenvalue weighted by molar-refractivity contribution is 6.30. The molecule has 0 bridgehead atoms. The van der Waals surface area contributed by atoms with Crippen LogP contribution in [0.2, 0.25) is 5.02 Å². The minimum Gasteiger partial charge on any atom is -0.459 e. The summed E-state index contributed by atoms with van der Waals surface area (Å²) in [4.78, 5) is 0. The quantitative estimate of drug-likeness (QED) is 0.851. The van der Waals surface area contributed by atoms with Crippen LogP contribution < -0.4 is 5.32 Å². The molecule has 0 spiro atoms. The molecule has 2 rings (SSSR count). The molecule has 1 aromatic heterocycles. The summed E-state index contributed by atoms with van der Waals surface area (Å²) in [5, 5.41) is 3.46. The van der Waals surface area contributed by atoms with E-state index in [9.17, 15) is 4.39 Å². The van der Waals surface area contributed by atoms with Gasteiger partial charge in [-0.3, -0.25) is 0 Å². The third-order valence-electron chi connectivity index (χ3n) is 2.96. The fraction of sp³-hybridized carbons (Fsp3) is 0.333. The molecule has 4 heteroatoms. The number of hydrogen-bond acceptors (Lipinski definition) is 2. The molecule has 1 N–H and O–H groups in total. The molecule has 0 amide bonds. The molecule has 0 saturated carbocycles. The molecule has 0 aliphatic heterocycles. The zero-order valence-electron chi connectivity index (χ0n) is 11.0. The average molecular weight is 282 g/mol. The lowest BCUT2D eigenvalue weighted by atomic mass is 10.2. The molecule has 102 valence electrons. The Bertz CT molecular complexity index is 553. The molecule has 2 nitrogen and oxygen atoms in total. The molecular formula is C15H17ClFNO. The molecule has 2 aromatic rings. The van der Waals surface area contributed by atoms with Crippen molar-refractivity contribution in [3.63, 3.8) is 0 Å².